The van der Waals surface area contributed by atoms with E-state index in [-0.39, 0.29) is 12.5 Å². The van der Waals surface area contributed by atoms with E-state index >= 15 is 0 Å². The van der Waals surface area contributed by atoms with Crippen LogP contribution >= 0.6 is 11.6 Å². The van der Waals surface area contributed by atoms with E-state index in [2.05, 4.69) is 15.4 Å². The zero-order chi connectivity index (χ0) is 18.2. The second kappa shape index (κ2) is 9.22. The van der Waals surface area contributed by atoms with Crippen LogP contribution in [0.3, 0.4) is 0 Å². The van der Waals surface area contributed by atoms with Crippen LogP contribution in [0.15, 0.2) is 53.6 Å². The van der Waals surface area contributed by atoms with Crippen LogP contribution < -0.4 is 15.1 Å². The minimum Gasteiger partial charge on any atom is -0.482 e. The summed E-state index contributed by atoms with van der Waals surface area (Å²) in [7, 11) is 0. The minimum atomic E-state index is -0.355. The molecular formula is C19H20ClN3O3. The zero-order valence-corrected chi connectivity index (χ0v) is 15.0. The number of nitrogens with zero attached hydrogens (tertiary/aromatic N) is 2. The van der Waals surface area contributed by atoms with Gasteiger partial charge in [0.2, 0.25) is 0 Å². The van der Waals surface area contributed by atoms with E-state index in [0.29, 0.717) is 10.8 Å². The smallest absolute Gasteiger partial charge is 0.277 e. The van der Waals surface area contributed by atoms with Crippen molar-refractivity contribution in [2.75, 3.05) is 37.8 Å². The van der Waals surface area contributed by atoms with E-state index in [1.807, 2.05) is 24.3 Å². The van der Waals surface area contributed by atoms with E-state index in [9.17, 15) is 4.79 Å². The molecule has 136 valence electrons. The summed E-state index contributed by atoms with van der Waals surface area (Å²) >= 11 is 5.96. The number of carbonyl (C=O) groups is 1. The molecule has 0 radical (unpaired) electrons. The molecular weight excluding hydrogens is 354 g/mol. The van der Waals surface area contributed by atoms with Gasteiger partial charge in [0.25, 0.3) is 5.91 Å². The van der Waals surface area contributed by atoms with Gasteiger partial charge in [-0.1, -0.05) is 35.9 Å². The molecule has 0 atom stereocenters. The summed E-state index contributed by atoms with van der Waals surface area (Å²) in [5.74, 6) is 0.109. The summed E-state index contributed by atoms with van der Waals surface area (Å²) in [6.07, 6.45) is 1.59. The van der Waals surface area contributed by atoms with Gasteiger partial charge in [-0.15, -0.1) is 0 Å². The van der Waals surface area contributed by atoms with Crippen LogP contribution in [0.1, 0.15) is 5.56 Å². The lowest BCUT2D eigenvalue weighted by molar-refractivity contribution is -0.123. The molecule has 1 N–H and O–H groups in total. The fourth-order valence-corrected chi connectivity index (χ4v) is 2.70. The van der Waals surface area contributed by atoms with E-state index in [4.69, 9.17) is 21.1 Å². The molecule has 1 aliphatic rings. The first-order chi connectivity index (χ1) is 12.7. The Morgan fingerprint density at radius 2 is 1.92 bits per heavy atom. The van der Waals surface area contributed by atoms with Gasteiger partial charge in [-0.25, -0.2) is 5.43 Å². The van der Waals surface area contributed by atoms with Crippen molar-refractivity contribution in [3.63, 3.8) is 0 Å². The van der Waals surface area contributed by atoms with E-state index < -0.39 is 0 Å². The highest BCUT2D eigenvalue weighted by molar-refractivity contribution is 6.32. The number of amides is 1. The molecule has 1 heterocycles. The third kappa shape index (κ3) is 5.21. The van der Waals surface area contributed by atoms with Crippen LogP contribution in [0.2, 0.25) is 5.02 Å². The molecule has 6 nitrogen and oxygen atoms in total. The van der Waals surface area contributed by atoms with Gasteiger partial charge in [0.1, 0.15) is 5.75 Å². The van der Waals surface area contributed by atoms with Crippen molar-refractivity contribution >= 4 is 29.4 Å². The Kier molecular flexibility index (Phi) is 6.46. The largest absolute Gasteiger partial charge is 0.482 e. The second-order valence-corrected chi connectivity index (χ2v) is 6.11. The lowest BCUT2D eigenvalue weighted by Gasteiger charge is -2.28. The van der Waals surface area contributed by atoms with E-state index in [1.165, 1.54) is 0 Å². The number of hydrogen-bond donors (Lipinski definition) is 1. The Balaban J connectivity index is 1.45. The number of hydrazone groups is 1. The van der Waals surface area contributed by atoms with Crippen molar-refractivity contribution in [2.24, 2.45) is 5.10 Å². The molecule has 0 saturated carbocycles. The van der Waals surface area contributed by atoms with Gasteiger partial charge in [-0.3, -0.25) is 4.79 Å². The fraction of sp³-hybridized carbons (Fsp3) is 0.263. The average molecular weight is 374 g/mol. The molecule has 2 aromatic rings. The van der Waals surface area contributed by atoms with Crippen molar-refractivity contribution in [3.05, 3.63) is 59.1 Å². The molecule has 1 saturated heterocycles. The number of nitrogens with one attached hydrogen (secondary N) is 1. The molecule has 2 aromatic carbocycles. The molecule has 26 heavy (non-hydrogen) atoms. The Hall–Kier alpha value is -2.57. The van der Waals surface area contributed by atoms with Gasteiger partial charge in [0.05, 0.1) is 24.5 Å². The second-order valence-electron chi connectivity index (χ2n) is 5.70. The summed E-state index contributed by atoms with van der Waals surface area (Å²) in [5.41, 5.74) is 4.49. The maximum Gasteiger partial charge on any atom is 0.277 e. The minimum absolute atomic E-state index is 0.156. The Morgan fingerprint density at radius 1 is 1.19 bits per heavy atom. The third-order valence-corrected chi connectivity index (χ3v) is 4.18. The predicted molar refractivity (Wildman–Crippen MR) is 102 cm³/mol. The number of rotatable bonds is 6. The molecule has 1 aliphatic heterocycles. The summed E-state index contributed by atoms with van der Waals surface area (Å²) < 4.78 is 10.7. The van der Waals surface area contributed by atoms with E-state index in [1.54, 1.807) is 30.5 Å². The number of benzene rings is 2. The van der Waals surface area contributed by atoms with Gasteiger partial charge in [-0.05, 0) is 29.8 Å². The first kappa shape index (κ1) is 18.2. The normalized spacial score (nSPS) is 14.4. The van der Waals surface area contributed by atoms with Gasteiger partial charge in [0.15, 0.2) is 6.61 Å². The molecule has 7 heteroatoms. The van der Waals surface area contributed by atoms with Crippen LogP contribution in [0.4, 0.5) is 5.69 Å². The number of anilines is 1. The summed E-state index contributed by atoms with van der Waals surface area (Å²) in [6.45, 7) is 3.15. The first-order valence-corrected chi connectivity index (χ1v) is 8.72. The maximum atomic E-state index is 11.8. The van der Waals surface area contributed by atoms with Gasteiger partial charge < -0.3 is 14.4 Å². The van der Waals surface area contributed by atoms with Crippen LogP contribution in [-0.2, 0) is 9.53 Å². The van der Waals surface area contributed by atoms with Crippen molar-refractivity contribution in [1.82, 2.24) is 5.43 Å². The Labute approximate surface area is 157 Å². The molecule has 0 bridgehead atoms. The SMILES string of the molecule is O=C(COc1ccccc1Cl)N/N=C/c1ccc(N2CCOCC2)cc1. The van der Waals surface area contributed by atoms with Gasteiger partial charge in [-0.2, -0.15) is 5.10 Å². The molecule has 3 rings (SSSR count). The highest BCUT2D eigenvalue weighted by atomic mass is 35.5. The summed E-state index contributed by atoms with van der Waals surface area (Å²) in [5, 5.41) is 4.41. The quantitative estimate of drug-likeness (QED) is 0.624. The van der Waals surface area contributed by atoms with Crippen molar-refractivity contribution in [1.29, 1.82) is 0 Å². The molecule has 0 aromatic heterocycles. The first-order valence-electron chi connectivity index (χ1n) is 8.34. The van der Waals surface area contributed by atoms with Crippen molar-refractivity contribution < 1.29 is 14.3 Å². The maximum absolute atomic E-state index is 11.8. The standard InChI is InChI=1S/C19H20ClN3O3/c20-17-3-1-2-4-18(17)26-14-19(24)22-21-13-15-5-7-16(8-6-15)23-9-11-25-12-10-23/h1-8,13H,9-12,14H2,(H,22,24)/b21-13+. The molecule has 0 unspecified atom stereocenters. The molecule has 1 fully saturated rings. The molecule has 0 spiro atoms. The lowest BCUT2D eigenvalue weighted by atomic mass is 10.2. The highest BCUT2D eigenvalue weighted by Crippen LogP contribution is 2.22. The zero-order valence-electron chi connectivity index (χ0n) is 14.2. The third-order valence-electron chi connectivity index (χ3n) is 3.87. The number of hydrogen-bond acceptors (Lipinski definition) is 5. The Morgan fingerprint density at radius 3 is 2.65 bits per heavy atom. The van der Waals surface area contributed by atoms with Gasteiger partial charge >= 0.3 is 0 Å². The summed E-state index contributed by atoms with van der Waals surface area (Å²) in [6, 6.07) is 15.0. The fourth-order valence-electron chi connectivity index (χ4n) is 2.51. The number of ether oxygens (including phenoxy) is 2. The van der Waals surface area contributed by atoms with Crippen LogP contribution in [0, 0.1) is 0 Å². The van der Waals surface area contributed by atoms with Crippen LogP contribution in [0.5, 0.6) is 5.75 Å². The number of halogens is 1. The predicted octanol–water partition coefficient (Wildman–Crippen LogP) is 2.71. The lowest BCUT2D eigenvalue weighted by Crippen LogP contribution is -2.36. The Bertz CT molecular complexity index is 759. The summed E-state index contributed by atoms with van der Waals surface area (Å²) in [4.78, 5) is 14.0. The monoisotopic (exact) mass is 373 g/mol. The van der Waals surface area contributed by atoms with Gasteiger partial charge in [0, 0.05) is 18.8 Å². The highest BCUT2D eigenvalue weighted by Gasteiger charge is 2.10. The van der Waals surface area contributed by atoms with E-state index in [0.717, 1.165) is 37.6 Å². The number of para-hydroxylation sites is 1. The molecule has 1 amide bonds. The van der Waals surface area contributed by atoms with Crippen LogP contribution in [-0.4, -0.2) is 45.0 Å². The average Bonchev–Trinajstić information content (AvgIpc) is 2.69. The topological polar surface area (TPSA) is 63.2 Å². The number of morpholine rings is 1. The molecule has 0 aliphatic carbocycles. The van der Waals surface area contributed by atoms with Crippen molar-refractivity contribution in [3.8, 4) is 5.75 Å². The van der Waals surface area contributed by atoms with Crippen LogP contribution in [0.25, 0.3) is 0 Å². The van der Waals surface area contributed by atoms with Crippen molar-refractivity contribution in [2.45, 2.75) is 0 Å². The number of carbonyl (C=O) groups excluding carboxylic acids is 1.